The zero-order valence-corrected chi connectivity index (χ0v) is 19.1. The fourth-order valence-corrected chi connectivity index (χ4v) is 4.55. The third-order valence-corrected chi connectivity index (χ3v) is 6.75. The van der Waals surface area contributed by atoms with Gasteiger partial charge in [0.25, 0.3) is 5.56 Å². The fourth-order valence-electron chi connectivity index (χ4n) is 4.55. The van der Waals surface area contributed by atoms with E-state index in [2.05, 4.69) is 27.7 Å². The van der Waals surface area contributed by atoms with Crippen molar-refractivity contribution >= 4 is 22.1 Å². The van der Waals surface area contributed by atoms with Crippen molar-refractivity contribution in [1.82, 2.24) is 28.9 Å². The molecule has 0 spiro atoms. The number of imidazole rings is 1. The number of benzene rings is 1. The number of pyridine rings is 1. The topological polar surface area (TPSA) is 70.5 Å². The first-order chi connectivity index (χ1) is 16.0. The predicted molar refractivity (Wildman–Crippen MR) is 130 cm³/mol. The molecule has 166 valence electrons. The van der Waals surface area contributed by atoms with Gasteiger partial charge in [-0.15, -0.1) is 0 Å². The summed E-state index contributed by atoms with van der Waals surface area (Å²) < 4.78 is 5.75. The normalized spacial score (nSPS) is 13.9. The number of hydrogen-bond donors (Lipinski definition) is 0. The highest BCUT2D eigenvalue weighted by Gasteiger charge is 2.25. The molecule has 0 N–H and O–H groups in total. The van der Waals surface area contributed by atoms with Crippen LogP contribution < -0.4 is 5.56 Å². The first-order valence-corrected chi connectivity index (χ1v) is 11.5. The van der Waals surface area contributed by atoms with Crippen LogP contribution in [0.3, 0.4) is 0 Å². The zero-order valence-electron chi connectivity index (χ0n) is 19.1. The molecule has 5 aromatic rings. The molecule has 1 fully saturated rings. The maximum absolute atomic E-state index is 14.0. The molecule has 6 rings (SSSR count). The van der Waals surface area contributed by atoms with Crippen LogP contribution >= 0.6 is 0 Å². The van der Waals surface area contributed by atoms with E-state index in [4.69, 9.17) is 5.10 Å². The molecule has 0 saturated heterocycles. The van der Waals surface area contributed by atoms with Crippen molar-refractivity contribution in [3.63, 3.8) is 0 Å². The molecule has 0 aliphatic heterocycles. The van der Waals surface area contributed by atoms with Crippen LogP contribution in [0.2, 0.25) is 0 Å². The van der Waals surface area contributed by atoms with Crippen LogP contribution in [0.5, 0.6) is 0 Å². The number of rotatable bonds is 5. The van der Waals surface area contributed by atoms with Crippen molar-refractivity contribution < 1.29 is 0 Å². The van der Waals surface area contributed by atoms with E-state index in [1.165, 1.54) is 17.5 Å². The standard InChI is InChI=1S/C26H26N6O/c1-4-19-8-7-18(14-27-19)24-25-22(11-12-31(25)15-17-5-6-17)29-32(26(24)33)20-9-10-21-23(13-20)30(3)16(2)28-21/h7-14,17H,4-6,15H2,1-3H3. The first-order valence-electron chi connectivity index (χ1n) is 11.5. The van der Waals surface area contributed by atoms with Crippen molar-refractivity contribution in [3.8, 4) is 16.8 Å². The van der Waals surface area contributed by atoms with Crippen LogP contribution in [0.15, 0.2) is 53.6 Å². The highest BCUT2D eigenvalue weighted by Crippen LogP contribution is 2.33. The van der Waals surface area contributed by atoms with E-state index in [1.807, 2.05) is 61.1 Å². The molecule has 1 aromatic carbocycles. The molecule has 0 unspecified atom stereocenters. The van der Waals surface area contributed by atoms with E-state index in [1.54, 1.807) is 0 Å². The Kier molecular flexibility index (Phi) is 4.47. The molecular formula is C26H26N6O. The van der Waals surface area contributed by atoms with Crippen molar-refractivity contribution in [2.45, 2.75) is 39.7 Å². The maximum atomic E-state index is 14.0. The molecule has 1 saturated carbocycles. The van der Waals surface area contributed by atoms with Crippen LogP contribution in [0, 0.1) is 12.8 Å². The number of aryl methyl sites for hydroxylation is 3. The average Bonchev–Trinajstić information content (AvgIpc) is 3.50. The van der Waals surface area contributed by atoms with Gasteiger partial charge in [-0.1, -0.05) is 13.0 Å². The van der Waals surface area contributed by atoms with E-state index in [0.717, 1.165) is 57.8 Å². The first kappa shape index (κ1) is 19.9. The van der Waals surface area contributed by atoms with Gasteiger partial charge in [0.2, 0.25) is 0 Å². The molecule has 7 nitrogen and oxygen atoms in total. The lowest BCUT2D eigenvalue weighted by Crippen LogP contribution is -2.24. The predicted octanol–water partition coefficient (Wildman–Crippen LogP) is 4.42. The van der Waals surface area contributed by atoms with E-state index in [-0.39, 0.29) is 5.56 Å². The molecule has 0 bridgehead atoms. The number of hydrogen-bond acceptors (Lipinski definition) is 4. The van der Waals surface area contributed by atoms with Gasteiger partial charge in [-0.05, 0) is 62.4 Å². The smallest absolute Gasteiger partial charge is 0.281 e. The van der Waals surface area contributed by atoms with Crippen molar-refractivity contribution in [2.75, 3.05) is 0 Å². The summed E-state index contributed by atoms with van der Waals surface area (Å²) in [6, 6.07) is 11.9. The lowest BCUT2D eigenvalue weighted by atomic mass is 10.1. The summed E-state index contributed by atoms with van der Waals surface area (Å²) in [7, 11) is 1.98. The van der Waals surface area contributed by atoms with E-state index >= 15 is 0 Å². The molecule has 1 aliphatic carbocycles. The molecule has 4 heterocycles. The Balaban J connectivity index is 1.61. The lowest BCUT2D eigenvalue weighted by molar-refractivity contribution is 0.646. The summed E-state index contributed by atoms with van der Waals surface area (Å²) in [6.07, 6.45) is 7.23. The van der Waals surface area contributed by atoms with Gasteiger partial charge in [0.1, 0.15) is 11.3 Å². The van der Waals surface area contributed by atoms with Crippen LogP contribution in [-0.2, 0) is 20.0 Å². The highest BCUT2D eigenvalue weighted by atomic mass is 16.1. The Labute approximate surface area is 191 Å². The Bertz CT molecular complexity index is 1570. The molecule has 7 heteroatoms. The number of nitrogens with zero attached hydrogens (tertiary/aromatic N) is 6. The average molecular weight is 439 g/mol. The third-order valence-electron chi connectivity index (χ3n) is 6.75. The van der Waals surface area contributed by atoms with E-state index in [0.29, 0.717) is 11.5 Å². The van der Waals surface area contributed by atoms with Crippen LogP contribution in [0.1, 0.15) is 31.3 Å². The molecular weight excluding hydrogens is 412 g/mol. The van der Waals surface area contributed by atoms with Gasteiger partial charge in [0, 0.05) is 37.2 Å². The quantitative estimate of drug-likeness (QED) is 0.407. The number of aromatic nitrogens is 6. The minimum Gasteiger partial charge on any atom is -0.345 e. The van der Waals surface area contributed by atoms with Gasteiger partial charge in [0.15, 0.2) is 0 Å². The molecule has 1 aliphatic rings. The molecule has 0 amide bonds. The minimum atomic E-state index is -0.137. The SMILES string of the molecule is CCc1ccc(-c2c(=O)n(-c3ccc4nc(C)n(C)c4c3)nc3ccn(CC4CC4)c23)cn1. The van der Waals surface area contributed by atoms with Crippen LogP contribution in [0.4, 0.5) is 0 Å². The lowest BCUT2D eigenvalue weighted by Gasteiger charge is -2.13. The summed E-state index contributed by atoms with van der Waals surface area (Å²) in [5.41, 5.74) is 6.67. The fraction of sp³-hybridized carbons (Fsp3) is 0.308. The maximum Gasteiger partial charge on any atom is 0.281 e. The molecule has 0 atom stereocenters. The van der Waals surface area contributed by atoms with Gasteiger partial charge in [0.05, 0.1) is 27.8 Å². The molecule has 33 heavy (non-hydrogen) atoms. The Morgan fingerprint density at radius 1 is 1.09 bits per heavy atom. The summed E-state index contributed by atoms with van der Waals surface area (Å²) in [5.74, 6) is 1.62. The summed E-state index contributed by atoms with van der Waals surface area (Å²) in [6.45, 7) is 4.98. The van der Waals surface area contributed by atoms with Crippen LogP contribution in [0.25, 0.3) is 38.9 Å². The van der Waals surface area contributed by atoms with Crippen molar-refractivity contribution in [3.05, 3.63) is 70.7 Å². The highest BCUT2D eigenvalue weighted by molar-refractivity contribution is 5.91. The minimum absolute atomic E-state index is 0.137. The Hall–Kier alpha value is -3.74. The second kappa shape index (κ2) is 7.40. The van der Waals surface area contributed by atoms with Gasteiger partial charge < -0.3 is 9.13 Å². The van der Waals surface area contributed by atoms with Gasteiger partial charge in [-0.25, -0.2) is 4.98 Å². The van der Waals surface area contributed by atoms with Gasteiger partial charge >= 0.3 is 0 Å². The summed E-state index contributed by atoms with van der Waals surface area (Å²) >= 11 is 0. The van der Waals surface area contributed by atoms with E-state index < -0.39 is 0 Å². The summed E-state index contributed by atoms with van der Waals surface area (Å²) in [5, 5.41) is 4.79. The second-order valence-electron chi connectivity index (χ2n) is 9.02. The van der Waals surface area contributed by atoms with Crippen molar-refractivity contribution in [1.29, 1.82) is 0 Å². The van der Waals surface area contributed by atoms with Crippen molar-refractivity contribution in [2.24, 2.45) is 13.0 Å². The Morgan fingerprint density at radius 2 is 1.94 bits per heavy atom. The number of fused-ring (bicyclic) bond motifs is 2. The van der Waals surface area contributed by atoms with Crippen LogP contribution in [-0.4, -0.2) is 28.9 Å². The van der Waals surface area contributed by atoms with E-state index in [9.17, 15) is 4.79 Å². The Morgan fingerprint density at radius 3 is 2.67 bits per heavy atom. The van der Waals surface area contributed by atoms with Gasteiger partial charge in [-0.2, -0.15) is 9.78 Å². The monoisotopic (exact) mass is 438 g/mol. The second-order valence-corrected chi connectivity index (χ2v) is 9.02. The largest absolute Gasteiger partial charge is 0.345 e. The third kappa shape index (κ3) is 3.26. The summed E-state index contributed by atoms with van der Waals surface area (Å²) in [4.78, 5) is 23.1. The van der Waals surface area contributed by atoms with Gasteiger partial charge in [-0.3, -0.25) is 9.78 Å². The molecule has 4 aromatic heterocycles. The molecule has 0 radical (unpaired) electrons. The zero-order chi connectivity index (χ0) is 22.7.